The van der Waals surface area contributed by atoms with Gasteiger partial charge in [0.1, 0.15) is 0 Å². The smallest absolute Gasteiger partial charge is 0.0599 e. The first kappa shape index (κ1) is 15.3. The number of rotatable bonds is 5. The van der Waals surface area contributed by atoms with E-state index < -0.39 is 0 Å². The van der Waals surface area contributed by atoms with Crippen LogP contribution in [0.4, 0.5) is 0 Å². The Labute approximate surface area is 116 Å². The predicted molar refractivity (Wildman–Crippen MR) is 76.1 cm³/mol. The highest BCUT2D eigenvalue weighted by Gasteiger charge is 2.29. The Kier molecular flexibility index (Phi) is 5.99. The minimum absolute atomic E-state index is 0. The second-order valence-corrected chi connectivity index (χ2v) is 5.42. The zero-order valence-electron chi connectivity index (χ0n) is 11.2. The van der Waals surface area contributed by atoms with Crippen LogP contribution < -0.4 is 5.32 Å². The molecule has 1 fully saturated rings. The van der Waals surface area contributed by atoms with Crippen LogP contribution in [0, 0.1) is 5.41 Å². The molecule has 1 aromatic rings. The summed E-state index contributed by atoms with van der Waals surface area (Å²) in [6.45, 7) is 6.87. The highest BCUT2D eigenvalue weighted by atomic mass is 35.5. The van der Waals surface area contributed by atoms with Gasteiger partial charge in [-0.05, 0) is 25.4 Å². The molecule has 0 aliphatic carbocycles. The standard InChI is InChI=1S/C13H22N4.ClH/c1-13(4-5-15-10-13)11-17(2)8-3-12-9-14-6-7-16-12;/h6-7,9,15H,3-5,8,10-11H2,1-2H3;1H. The van der Waals surface area contributed by atoms with Crippen molar-refractivity contribution in [1.82, 2.24) is 20.2 Å². The van der Waals surface area contributed by atoms with E-state index in [-0.39, 0.29) is 12.4 Å². The Hall–Kier alpha value is -0.710. The molecule has 2 rings (SSSR count). The van der Waals surface area contributed by atoms with E-state index in [0.29, 0.717) is 5.41 Å². The van der Waals surface area contributed by atoms with E-state index in [4.69, 9.17) is 0 Å². The quantitative estimate of drug-likeness (QED) is 0.878. The molecule has 1 aliphatic rings. The highest BCUT2D eigenvalue weighted by Crippen LogP contribution is 2.25. The van der Waals surface area contributed by atoms with E-state index in [0.717, 1.165) is 38.3 Å². The predicted octanol–water partition coefficient (Wildman–Crippen LogP) is 1.37. The van der Waals surface area contributed by atoms with Gasteiger partial charge in [0.05, 0.1) is 5.69 Å². The van der Waals surface area contributed by atoms with Gasteiger partial charge >= 0.3 is 0 Å². The SMILES string of the molecule is CN(CCc1cnccn1)CC1(C)CCNC1.Cl. The fourth-order valence-electron chi connectivity index (χ4n) is 2.50. The monoisotopic (exact) mass is 270 g/mol. The summed E-state index contributed by atoms with van der Waals surface area (Å²) in [5, 5.41) is 3.44. The Morgan fingerprint density at radius 3 is 2.89 bits per heavy atom. The molecule has 1 aliphatic heterocycles. The lowest BCUT2D eigenvalue weighted by atomic mass is 9.89. The number of aromatic nitrogens is 2. The fourth-order valence-corrected chi connectivity index (χ4v) is 2.50. The van der Waals surface area contributed by atoms with Crippen LogP contribution in [-0.2, 0) is 6.42 Å². The van der Waals surface area contributed by atoms with Gasteiger partial charge < -0.3 is 10.2 Å². The summed E-state index contributed by atoms with van der Waals surface area (Å²) < 4.78 is 0. The molecule has 1 saturated heterocycles. The van der Waals surface area contributed by atoms with Crippen LogP contribution in [0.2, 0.25) is 0 Å². The maximum absolute atomic E-state index is 4.30. The van der Waals surface area contributed by atoms with Crippen molar-refractivity contribution in [3.63, 3.8) is 0 Å². The van der Waals surface area contributed by atoms with Gasteiger partial charge in [-0.3, -0.25) is 9.97 Å². The van der Waals surface area contributed by atoms with E-state index in [1.807, 2.05) is 6.20 Å². The summed E-state index contributed by atoms with van der Waals surface area (Å²) in [7, 11) is 2.19. The zero-order valence-corrected chi connectivity index (χ0v) is 12.0. The Morgan fingerprint density at radius 2 is 2.28 bits per heavy atom. The third kappa shape index (κ3) is 4.52. The number of hydrogen-bond donors (Lipinski definition) is 1. The second-order valence-electron chi connectivity index (χ2n) is 5.42. The molecule has 4 nitrogen and oxygen atoms in total. The number of hydrogen-bond acceptors (Lipinski definition) is 4. The lowest BCUT2D eigenvalue weighted by Gasteiger charge is -2.29. The molecule has 0 radical (unpaired) electrons. The van der Waals surface area contributed by atoms with Crippen molar-refractivity contribution in [2.45, 2.75) is 19.8 Å². The van der Waals surface area contributed by atoms with Crippen LogP contribution in [0.3, 0.4) is 0 Å². The van der Waals surface area contributed by atoms with Crippen LogP contribution in [-0.4, -0.2) is 48.1 Å². The lowest BCUT2D eigenvalue weighted by Crippen LogP contribution is -2.36. The van der Waals surface area contributed by atoms with Crippen LogP contribution >= 0.6 is 12.4 Å². The molecule has 2 heterocycles. The van der Waals surface area contributed by atoms with Gasteiger partial charge in [-0.15, -0.1) is 12.4 Å². The van der Waals surface area contributed by atoms with Crippen LogP contribution in [0.1, 0.15) is 19.0 Å². The van der Waals surface area contributed by atoms with Crippen molar-refractivity contribution in [2.75, 3.05) is 33.2 Å². The minimum Gasteiger partial charge on any atom is -0.316 e. The lowest BCUT2D eigenvalue weighted by molar-refractivity contribution is 0.210. The topological polar surface area (TPSA) is 41.1 Å². The first-order chi connectivity index (χ1) is 8.18. The van der Waals surface area contributed by atoms with Gasteiger partial charge in [-0.2, -0.15) is 0 Å². The molecule has 5 heteroatoms. The summed E-state index contributed by atoms with van der Waals surface area (Å²) in [6.07, 6.45) is 7.60. The average molecular weight is 271 g/mol. The third-order valence-electron chi connectivity index (χ3n) is 3.48. The molecule has 0 spiro atoms. The largest absolute Gasteiger partial charge is 0.316 e. The summed E-state index contributed by atoms with van der Waals surface area (Å²) in [5.41, 5.74) is 1.52. The van der Waals surface area contributed by atoms with Crippen LogP contribution in [0.15, 0.2) is 18.6 Å². The molecule has 1 unspecified atom stereocenters. The fraction of sp³-hybridized carbons (Fsp3) is 0.692. The average Bonchev–Trinajstić information content (AvgIpc) is 2.74. The van der Waals surface area contributed by atoms with Crippen molar-refractivity contribution in [2.24, 2.45) is 5.41 Å². The molecule has 18 heavy (non-hydrogen) atoms. The maximum Gasteiger partial charge on any atom is 0.0599 e. The maximum atomic E-state index is 4.30. The highest BCUT2D eigenvalue weighted by molar-refractivity contribution is 5.85. The zero-order chi connectivity index (χ0) is 12.1. The molecule has 1 aromatic heterocycles. The van der Waals surface area contributed by atoms with Gasteiger partial charge in [0.2, 0.25) is 0 Å². The summed E-state index contributed by atoms with van der Waals surface area (Å²) in [6, 6.07) is 0. The molecule has 1 atom stereocenters. The van der Waals surface area contributed by atoms with Gasteiger partial charge in [0.25, 0.3) is 0 Å². The van der Waals surface area contributed by atoms with E-state index in [1.54, 1.807) is 12.4 Å². The Morgan fingerprint density at radius 1 is 1.44 bits per heavy atom. The molecule has 0 amide bonds. The van der Waals surface area contributed by atoms with Gasteiger partial charge in [-0.1, -0.05) is 6.92 Å². The number of nitrogens with one attached hydrogen (secondary N) is 1. The Balaban J connectivity index is 0.00000162. The molecule has 1 N–H and O–H groups in total. The van der Waals surface area contributed by atoms with Crippen molar-refractivity contribution in [3.05, 3.63) is 24.3 Å². The minimum atomic E-state index is 0. The van der Waals surface area contributed by atoms with Crippen molar-refractivity contribution in [3.8, 4) is 0 Å². The molecular weight excluding hydrogens is 248 g/mol. The third-order valence-corrected chi connectivity index (χ3v) is 3.48. The van der Waals surface area contributed by atoms with Crippen molar-refractivity contribution >= 4 is 12.4 Å². The van der Waals surface area contributed by atoms with E-state index in [9.17, 15) is 0 Å². The van der Waals surface area contributed by atoms with Gasteiger partial charge in [0, 0.05) is 44.6 Å². The molecule has 102 valence electrons. The summed E-state index contributed by atoms with van der Waals surface area (Å²) in [4.78, 5) is 10.8. The molecule has 0 aromatic carbocycles. The van der Waals surface area contributed by atoms with E-state index in [1.165, 1.54) is 6.42 Å². The molecule has 0 bridgehead atoms. The van der Waals surface area contributed by atoms with Gasteiger partial charge in [0.15, 0.2) is 0 Å². The van der Waals surface area contributed by atoms with E-state index >= 15 is 0 Å². The summed E-state index contributed by atoms with van der Waals surface area (Å²) in [5.74, 6) is 0. The van der Waals surface area contributed by atoms with Crippen LogP contribution in [0.5, 0.6) is 0 Å². The Bertz CT molecular complexity index is 338. The van der Waals surface area contributed by atoms with E-state index in [2.05, 4.69) is 34.2 Å². The van der Waals surface area contributed by atoms with Crippen molar-refractivity contribution < 1.29 is 0 Å². The number of likely N-dealkylation sites (N-methyl/N-ethyl adjacent to an activating group) is 1. The van der Waals surface area contributed by atoms with Gasteiger partial charge in [-0.25, -0.2) is 0 Å². The number of halogens is 1. The van der Waals surface area contributed by atoms with Crippen molar-refractivity contribution in [1.29, 1.82) is 0 Å². The molecule has 0 saturated carbocycles. The number of nitrogens with zero attached hydrogens (tertiary/aromatic N) is 3. The summed E-state index contributed by atoms with van der Waals surface area (Å²) >= 11 is 0. The second kappa shape index (κ2) is 7.02. The first-order valence-electron chi connectivity index (χ1n) is 6.32. The van der Waals surface area contributed by atoms with Crippen LogP contribution in [0.25, 0.3) is 0 Å². The molecular formula is C13H23ClN4. The normalized spacial score (nSPS) is 23.1. The first-order valence-corrected chi connectivity index (χ1v) is 6.32.